The predicted molar refractivity (Wildman–Crippen MR) is 72.2 cm³/mol. The van der Waals surface area contributed by atoms with Crippen molar-refractivity contribution in [2.45, 2.75) is 25.7 Å². The summed E-state index contributed by atoms with van der Waals surface area (Å²) in [6.07, 6.45) is 3.57. The zero-order valence-corrected chi connectivity index (χ0v) is 11.1. The molecule has 20 heavy (non-hydrogen) atoms. The lowest BCUT2D eigenvalue weighted by atomic mass is 10.0. The van der Waals surface area contributed by atoms with Crippen LogP contribution in [0, 0.1) is 5.92 Å². The van der Waals surface area contributed by atoms with Crippen LogP contribution in [0.5, 0.6) is 6.08 Å². The minimum Gasteiger partial charge on any atom is -0.449 e. The van der Waals surface area contributed by atoms with Crippen molar-refractivity contribution in [1.82, 2.24) is 10.2 Å². The number of nitrogens with zero attached hydrogens (tertiary/aromatic N) is 2. The third kappa shape index (κ3) is 2.87. The SMILES string of the molecule is O=C1CCC[C@@H]1CCOc1nnc(-c2ccccc2)o1. The number of Topliss-reactive ketones (excluding diaryl/α,β-unsaturated/α-hetero) is 1. The van der Waals surface area contributed by atoms with Crippen LogP contribution in [0.3, 0.4) is 0 Å². The molecular weight excluding hydrogens is 256 g/mol. The first kappa shape index (κ1) is 12.8. The van der Waals surface area contributed by atoms with Crippen molar-refractivity contribution in [3.63, 3.8) is 0 Å². The quantitative estimate of drug-likeness (QED) is 0.837. The maximum Gasteiger partial charge on any atom is 0.414 e. The molecule has 0 spiro atoms. The summed E-state index contributed by atoms with van der Waals surface area (Å²) in [7, 11) is 0. The van der Waals surface area contributed by atoms with E-state index < -0.39 is 0 Å². The molecule has 5 heteroatoms. The highest BCUT2D eigenvalue weighted by Gasteiger charge is 2.24. The highest BCUT2D eigenvalue weighted by molar-refractivity contribution is 5.82. The first-order chi connectivity index (χ1) is 9.83. The summed E-state index contributed by atoms with van der Waals surface area (Å²) in [5.74, 6) is 0.938. The number of carbonyl (C=O) groups is 1. The monoisotopic (exact) mass is 272 g/mol. The Bertz CT molecular complexity index is 580. The van der Waals surface area contributed by atoms with Crippen LogP contribution in [0.4, 0.5) is 0 Å². The van der Waals surface area contributed by atoms with Gasteiger partial charge in [0.25, 0.3) is 5.89 Å². The second-order valence-electron chi connectivity index (χ2n) is 4.93. The number of aromatic nitrogens is 2. The van der Waals surface area contributed by atoms with Crippen molar-refractivity contribution in [3.8, 4) is 17.5 Å². The van der Waals surface area contributed by atoms with Gasteiger partial charge in [-0.25, -0.2) is 0 Å². The Labute approximate surface area is 117 Å². The first-order valence-corrected chi connectivity index (χ1v) is 6.87. The van der Waals surface area contributed by atoms with Crippen LogP contribution >= 0.6 is 0 Å². The van der Waals surface area contributed by atoms with Crippen LogP contribution in [0.2, 0.25) is 0 Å². The van der Waals surface area contributed by atoms with Gasteiger partial charge in [-0.1, -0.05) is 23.3 Å². The van der Waals surface area contributed by atoms with Gasteiger partial charge >= 0.3 is 6.08 Å². The maximum absolute atomic E-state index is 11.5. The lowest BCUT2D eigenvalue weighted by Gasteiger charge is -2.06. The Morgan fingerprint density at radius 1 is 1.25 bits per heavy atom. The molecule has 5 nitrogen and oxygen atoms in total. The van der Waals surface area contributed by atoms with Crippen molar-refractivity contribution >= 4 is 5.78 Å². The number of hydrogen-bond acceptors (Lipinski definition) is 5. The van der Waals surface area contributed by atoms with E-state index in [0.717, 1.165) is 24.8 Å². The van der Waals surface area contributed by atoms with E-state index in [0.29, 0.717) is 24.7 Å². The topological polar surface area (TPSA) is 65.2 Å². The molecule has 0 aliphatic heterocycles. The van der Waals surface area contributed by atoms with Crippen LogP contribution in [0.15, 0.2) is 34.7 Å². The number of ether oxygens (including phenoxy) is 1. The molecular formula is C15H16N2O3. The number of rotatable bonds is 5. The van der Waals surface area contributed by atoms with Gasteiger partial charge in [-0.05, 0) is 31.4 Å². The zero-order valence-electron chi connectivity index (χ0n) is 11.1. The standard InChI is InChI=1S/C15H16N2O3/c18-13-8-4-7-11(13)9-10-19-15-17-16-14(20-15)12-5-2-1-3-6-12/h1-3,5-6,11H,4,7-10H2/t11-/m1/s1. The van der Waals surface area contributed by atoms with Crippen molar-refractivity contribution in [2.75, 3.05) is 6.61 Å². The van der Waals surface area contributed by atoms with Gasteiger partial charge in [0.15, 0.2) is 0 Å². The van der Waals surface area contributed by atoms with Gasteiger partial charge < -0.3 is 9.15 Å². The minimum atomic E-state index is 0.145. The summed E-state index contributed by atoms with van der Waals surface area (Å²) in [6, 6.07) is 9.54. The van der Waals surface area contributed by atoms with Crippen molar-refractivity contribution in [3.05, 3.63) is 30.3 Å². The second-order valence-corrected chi connectivity index (χ2v) is 4.93. The molecule has 2 aromatic rings. The van der Waals surface area contributed by atoms with Crippen molar-refractivity contribution in [1.29, 1.82) is 0 Å². The molecule has 1 aliphatic carbocycles. The maximum atomic E-state index is 11.5. The van der Waals surface area contributed by atoms with E-state index in [-0.39, 0.29) is 12.0 Å². The Morgan fingerprint density at radius 3 is 2.85 bits per heavy atom. The van der Waals surface area contributed by atoms with Crippen molar-refractivity contribution in [2.24, 2.45) is 5.92 Å². The largest absolute Gasteiger partial charge is 0.449 e. The third-order valence-corrected chi connectivity index (χ3v) is 3.55. The molecule has 0 radical (unpaired) electrons. The Kier molecular flexibility index (Phi) is 3.76. The predicted octanol–water partition coefficient (Wildman–Crippen LogP) is 2.87. The fraction of sp³-hybridized carbons (Fsp3) is 0.400. The number of hydrogen-bond donors (Lipinski definition) is 0. The molecule has 0 N–H and O–H groups in total. The summed E-state index contributed by atoms with van der Waals surface area (Å²) < 4.78 is 10.9. The fourth-order valence-electron chi connectivity index (χ4n) is 2.45. The highest BCUT2D eigenvalue weighted by Crippen LogP contribution is 2.25. The average Bonchev–Trinajstić information content (AvgIpc) is 3.10. The number of benzene rings is 1. The normalized spacial score (nSPS) is 18.4. The minimum absolute atomic E-state index is 0.145. The molecule has 1 aromatic carbocycles. The molecule has 0 unspecified atom stereocenters. The molecule has 1 heterocycles. The molecule has 1 atom stereocenters. The van der Waals surface area contributed by atoms with Crippen LogP contribution in [-0.4, -0.2) is 22.6 Å². The summed E-state index contributed by atoms with van der Waals surface area (Å²) >= 11 is 0. The van der Waals surface area contributed by atoms with E-state index in [1.54, 1.807) is 0 Å². The van der Waals surface area contributed by atoms with Gasteiger partial charge in [0, 0.05) is 17.9 Å². The smallest absolute Gasteiger partial charge is 0.414 e. The molecule has 1 fully saturated rings. The van der Waals surface area contributed by atoms with E-state index in [4.69, 9.17) is 9.15 Å². The van der Waals surface area contributed by atoms with Gasteiger partial charge in [-0.15, -0.1) is 5.10 Å². The number of ketones is 1. The van der Waals surface area contributed by atoms with Gasteiger partial charge in [0.1, 0.15) is 5.78 Å². The first-order valence-electron chi connectivity index (χ1n) is 6.87. The zero-order chi connectivity index (χ0) is 13.8. The summed E-state index contributed by atoms with van der Waals surface area (Å²) in [5, 5.41) is 7.80. The van der Waals surface area contributed by atoms with Gasteiger partial charge in [-0.3, -0.25) is 4.79 Å². The summed E-state index contributed by atoms with van der Waals surface area (Å²) in [4.78, 5) is 11.5. The lowest BCUT2D eigenvalue weighted by Crippen LogP contribution is -2.11. The van der Waals surface area contributed by atoms with E-state index in [1.165, 1.54) is 0 Å². The van der Waals surface area contributed by atoms with E-state index in [9.17, 15) is 4.79 Å². The van der Waals surface area contributed by atoms with Crippen LogP contribution in [-0.2, 0) is 4.79 Å². The molecule has 0 saturated heterocycles. The summed E-state index contributed by atoms with van der Waals surface area (Å²) in [5.41, 5.74) is 0.862. The van der Waals surface area contributed by atoms with E-state index in [2.05, 4.69) is 10.2 Å². The van der Waals surface area contributed by atoms with Gasteiger partial charge in [0.05, 0.1) is 6.61 Å². The molecule has 1 saturated carbocycles. The van der Waals surface area contributed by atoms with E-state index in [1.807, 2.05) is 30.3 Å². The molecule has 1 aliphatic rings. The van der Waals surface area contributed by atoms with Crippen LogP contribution in [0.25, 0.3) is 11.5 Å². The third-order valence-electron chi connectivity index (χ3n) is 3.55. The van der Waals surface area contributed by atoms with Crippen LogP contribution < -0.4 is 4.74 Å². The van der Waals surface area contributed by atoms with Gasteiger partial charge in [-0.2, -0.15) is 0 Å². The Morgan fingerprint density at radius 2 is 2.10 bits per heavy atom. The Hall–Kier alpha value is -2.17. The van der Waals surface area contributed by atoms with E-state index >= 15 is 0 Å². The molecule has 0 bridgehead atoms. The molecule has 104 valence electrons. The lowest BCUT2D eigenvalue weighted by molar-refractivity contribution is -0.121. The van der Waals surface area contributed by atoms with Crippen molar-refractivity contribution < 1.29 is 13.9 Å². The summed E-state index contributed by atoms with van der Waals surface area (Å²) in [6.45, 7) is 0.437. The van der Waals surface area contributed by atoms with Crippen LogP contribution in [0.1, 0.15) is 25.7 Å². The highest BCUT2D eigenvalue weighted by atomic mass is 16.6. The average molecular weight is 272 g/mol. The second kappa shape index (κ2) is 5.86. The number of carbonyl (C=O) groups excluding carboxylic acids is 1. The molecule has 0 amide bonds. The molecule has 1 aromatic heterocycles. The Balaban J connectivity index is 1.54. The fourth-order valence-corrected chi connectivity index (χ4v) is 2.45. The molecule has 3 rings (SSSR count). The van der Waals surface area contributed by atoms with Gasteiger partial charge in [0.2, 0.25) is 0 Å².